The second-order valence-corrected chi connectivity index (χ2v) is 5.80. The Morgan fingerprint density at radius 1 is 1.53 bits per heavy atom. The number of benzene rings is 1. The smallest absolute Gasteiger partial charge is 0.128 e. The second-order valence-electron chi connectivity index (χ2n) is 5.39. The number of nitrogens with one attached hydrogen (secondary N) is 1. The first-order chi connectivity index (χ1) is 7.97. The van der Waals surface area contributed by atoms with Crippen LogP contribution in [0.2, 0.25) is 5.02 Å². The summed E-state index contributed by atoms with van der Waals surface area (Å²) in [7, 11) is 0. The zero-order chi connectivity index (χ0) is 12.6. The lowest BCUT2D eigenvalue weighted by Crippen LogP contribution is -2.33. The third-order valence-corrected chi connectivity index (χ3v) is 4.06. The van der Waals surface area contributed by atoms with Crippen molar-refractivity contribution in [1.29, 1.82) is 0 Å². The van der Waals surface area contributed by atoms with E-state index in [-0.39, 0.29) is 11.2 Å². The van der Waals surface area contributed by atoms with Crippen LogP contribution in [0, 0.1) is 11.7 Å². The third-order valence-electron chi connectivity index (χ3n) is 3.74. The van der Waals surface area contributed by atoms with Gasteiger partial charge in [0.2, 0.25) is 0 Å². The van der Waals surface area contributed by atoms with E-state index in [2.05, 4.69) is 26.1 Å². The van der Waals surface area contributed by atoms with Gasteiger partial charge in [-0.05, 0) is 24.5 Å². The van der Waals surface area contributed by atoms with Crippen molar-refractivity contribution in [1.82, 2.24) is 5.32 Å². The lowest BCUT2D eigenvalue weighted by atomic mass is 9.92. The summed E-state index contributed by atoms with van der Waals surface area (Å²) in [4.78, 5) is 0. The maximum Gasteiger partial charge on any atom is 0.128 e. The normalized spacial score (nSPS) is 27.5. The second kappa shape index (κ2) is 4.58. The Kier molecular flexibility index (Phi) is 3.46. The van der Waals surface area contributed by atoms with E-state index < -0.39 is 0 Å². The van der Waals surface area contributed by atoms with Gasteiger partial charge < -0.3 is 5.32 Å². The molecule has 1 nitrogen and oxygen atoms in total. The molecule has 0 saturated heterocycles. The fourth-order valence-corrected chi connectivity index (χ4v) is 2.88. The first-order valence-electron chi connectivity index (χ1n) is 6.15. The number of hydrogen-bond acceptors (Lipinski definition) is 1. The van der Waals surface area contributed by atoms with Crippen molar-refractivity contribution in [2.75, 3.05) is 6.54 Å². The third kappa shape index (κ3) is 2.34. The van der Waals surface area contributed by atoms with Crippen LogP contribution in [0.15, 0.2) is 18.2 Å². The molecule has 0 amide bonds. The van der Waals surface area contributed by atoms with Crippen LogP contribution in [0.3, 0.4) is 0 Å². The van der Waals surface area contributed by atoms with Crippen molar-refractivity contribution < 1.29 is 4.39 Å². The van der Waals surface area contributed by atoms with Gasteiger partial charge in [0.05, 0.1) is 0 Å². The van der Waals surface area contributed by atoms with Gasteiger partial charge in [-0.15, -0.1) is 0 Å². The van der Waals surface area contributed by atoms with Crippen molar-refractivity contribution >= 4 is 11.6 Å². The summed E-state index contributed by atoms with van der Waals surface area (Å²) >= 11 is 6.17. The minimum atomic E-state index is -0.174. The molecule has 94 valence electrons. The topological polar surface area (TPSA) is 12.0 Å². The number of rotatable bonds is 4. The van der Waals surface area contributed by atoms with Gasteiger partial charge in [0.25, 0.3) is 0 Å². The summed E-state index contributed by atoms with van der Waals surface area (Å²) in [6.07, 6.45) is 1.01. The largest absolute Gasteiger partial charge is 0.314 e. The van der Waals surface area contributed by atoms with E-state index >= 15 is 0 Å². The molecule has 1 fully saturated rings. The SMILES string of the molecule is CC(C)NCC1(c2c(F)cccc2Cl)CC1C. The molecular formula is C14H19ClFN. The minimum absolute atomic E-state index is 0.104. The molecule has 1 aliphatic rings. The van der Waals surface area contributed by atoms with Crippen LogP contribution in [0.5, 0.6) is 0 Å². The number of hydrogen-bond donors (Lipinski definition) is 1. The summed E-state index contributed by atoms with van der Waals surface area (Å²) in [5, 5.41) is 3.96. The number of halogens is 2. The lowest BCUT2D eigenvalue weighted by Gasteiger charge is -2.21. The van der Waals surface area contributed by atoms with Gasteiger partial charge in [-0.3, -0.25) is 0 Å². The molecule has 1 saturated carbocycles. The molecule has 0 aromatic heterocycles. The molecule has 2 unspecified atom stereocenters. The van der Waals surface area contributed by atoms with Gasteiger partial charge in [0.1, 0.15) is 5.82 Å². The van der Waals surface area contributed by atoms with E-state index in [1.807, 2.05) is 0 Å². The van der Waals surface area contributed by atoms with E-state index in [1.165, 1.54) is 6.07 Å². The van der Waals surface area contributed by atoms with Gasteiger partial charge >= 0.3 is 0 Å². The highest BCUT2D eigenvalue weighted by Gasteiger charge is 2.54. The molecule has 0 radical (unpaired) electrons. The van der Waals surface area contributed by atoms with Crippen LogP contribution >= 0.6 is 11.6 Å². The molecule has 3 heteroatoms. The predicted octanol–water partition coefficient (Wildman–Crippen LogP) is 3.75. The van der Waals surface area contributed by atoms with Crippen LogP contribution in [0.4, 0.5) is 4.39 Å². The van der Waals surface area contributed by atoms with Gasteiger partial charge in [0.15, 0.2) is 0 Å². The predicted molar refractivity (Wildman–Crippen MR) is 70.0 cm³/mol. The summed E-state index contributed by atoms with van der Waals surface area (Å²) < 4.78 is 14.0. The molecule has 0 bridgehead atoms. The van der Waals surface area contributed by atoms with Crippen molar-refractivity contribution in [3.63, 3.8) is 0 Å². The molecule has 1 N–H and O–H groups in total. The lowest BCUT2D eigenvalue weighted by molar-refractivity contribution is 0.479. The first kappa shape index (κ1) is 12.8. The molecule has 1 aromatic carbocycles. The van der Waals surface area contributed by atoms with Crippen LogP contribution < -0.4 is 5.32 Å². The zero-order valence-electron chi connectivity index (χ0n) is 10.6. The fourth-order valence-electron chi connectivity index (χ4n) is 2.53. The average Bonchev–Trinajstić information content (AvgIpc) is 2.87. The van der Waals surface area contributed by atoms with Crippen molar-refractivity contribution in [2.24, 2.45) is 5.92 Å². The van der Waals surface area contributed by atoms with Crippen molar-refractivity contribution in [3.05, 3.63) is 34.6 Å². The maximum absolute atomic E-state index is 14.0. The van der Waals surface area contributed by atoms with Crippen LogP contribution in [-0.4, -0.2) is 12.6 Å². The highest BCUT2D eigenvalue weighted by atomic mass is 35.5. The monoisotopic (exact) mass is 255 g/mol. The summed E-state index contributed by atoms with van der Waals surface area (Å²) in [6.45, 7) is 7.16. The van der Waals surface area contributed by atoms with E-state index in [1.54, 1.807) is 12.1 Å². The maximum atomic E-state index is 14.0. The van der Waals surface area contributed by atoms with Gasteiger partial charge in [-0.1, -0.05) is 38.4 Å². The van der Waals surface area contributed by atoms with Gasteiger partial charge in [-0.2, -0.15) is 0 Å². The van der Waals surface area contributed by atoms with E-state index in [0.717, 1.165) is 13.0 Å². The molecular weight excluding hydrogens is 237 g/mol. The van der Waals surface area contributed by atoms with Gasteiger partial charge in [-0.25, -0.2) is 4.39 Å². The Morgan fingerprint density at radius 3 is 2.65 bits per heavy atom. The molecule has 1 aliphatic carbocycles. The standard InChI is InChI=1S/C14H19ClFN/c1-9(2)17-8-14(7-10(14)3)13-11(15)5-4-6-12(13)16/h4-6,9-10,17H,7-8H2,1-3H3. The Bertz CT molecular complexity index is 398. The van der Waals surface area contributed by atoms with E-state index in [4.69, 9.17) is 11.6 Å². The summed E-state index contributed by atoms with van der Waals surface area (Å²) in [6, 6.07) is 5.36. The van der Waals surface area contributed by atoms with Crippen LogP contribution in [0.1, 0.15) is 32.8 Å². The minimum Gasteiger partial charge on any atom is -0.314 e. The van der Waals surface area contributed by atoms with Crippen LogP contribution in [-0.2, 0) is 5.41 Å². The summed E-state index contributed by atoms with van der Waals surface area (Å²) in [5.41, 5.74) is 0.592. The van der Waals surface area contributed by atoms with Crippen LogP contribution in [0.25, 0.3) is 0 Å². The molecule has 2 atom stereocenters. The quantitative estimate of drug-likeness (QED) is 0.864. The highest BCUT2D eigenvalue weighted by molar-refractivity contribution is 6.31. The molecule has 17 heavy (non-hydrogen) atoms. The molecule has 1 aromatic rings. The average molecular weight is 256 g/mol. The molecule has 0 aliphatic heterocycles. The molecule has 0 spiro atoms. The Balaban J connectivity index is 2.30. The molecule has 2 rings (SSSR count). The van der Waals surface area contributed by atoms with E-state index in [9.17, 15) is 4.39 Å². The van der Waals surface area contributed by atoms with E-state index in [0.29, 0.717) is 22.5 Å². The van der Waals surface area contributed by atoms with Crippen molar-refractivity contribution in [2.45, 2.75) is 38.6 Å². The molecule has 0 heterocycles. The first-order valence-corrected chi connectivity index (χ1v) is 6.53. The zero-order valence-corrected chi connectivity index (χ0v) is 11.3. The Labute approximate surface area is 107 Å². The van der Waals surface area contributed by atoms with Crippen molar-refractivity contribution in [3.8, 4) is 0 Å². The summed E-state index contributed by atoms with van der Waals surface area (Å²) in [5.74, 6) is 0.315. The Morgan fingerprint density at radius 2 is 2.18 bits per heavy atom. The fraction of sp³-hybridized carbons (Fsp3) is 0.571. The van der Waals surface area contributed by atoms with Gasteiger partial charge in [0, 0.05) is 28.6 Å². The Hall–Kier alpha value is -0.600. The highest BCUT2D eigenvalue weighted by Crippen LogP contribution is 2.56.